The summed E-state index contributed by atoms with van der Waals surface area (Å²) in [5.41, 5.74) is 0. The minimum atomic E-state index is 0.702. The van der Waals surface area contributed by atoms with Crippen molar-refractivity contribution < 1.29 is 0 Å². The average molecular weight is 253 g/mol. The third-order valence-corrected chi connectivity index (χ3v) is 4.65. The smallest absolute Gasteiger partial charge is 0.00696 e. The predicted octanol–water partition coefficient (Wildman–Crippen LogP) is 5.01. The fourth-order valence-electron chi connectivity index (χ4n) is 3.23. The molecule has 3 unspecified atom stereocenters. The Bertz CT molecular complexity index is 210. The molecule has 1 aliphatic rings. The van der Waals surface area contributed by atoms with Crippen LogP contribution in [-0.2, 0) is 0 Å². The molecule has 18 heavy (non-hydrogen) atoms. The molecule has 0 aromatic rings. The molecule has 0 aliphatic heterocycles. The van der Waals surface area contributed by atoms with Crippen LogP contribution in [0.4, 0.5) is 0 Å². The average Bonchev–Trinajstić information content (AvgIpc) is 2.52. The number of hydrogen-bond acceptors (Lipinski definition) is 1. The third kappa shape index (κ3) is 6.22. The van der Waals surface area contributed by atoms with Crippen LogP contribution in [0.2, 0.25) is 0 Å². The van der Waals surface area contributed by atoms with Gasteiger partial charge in [0.05, 0.1) is 0 Å². The lowest BCUT2D eigenvalue weighted by molar-refractivity contribution is 0.331. The molecule has 0 heterocycles. The predicted molar refractivity (Wildman–Crippen MR) is 81.9 cm³/mol. The lowest BCUT2D eigenvalue weighted by Crippen LogP contribution is -2.36. The summed E-state index contributed by atoms with van der Waals surface area (Å²) in [7, 11) is 0. The second kappa shape index (κ2) is 8.19. The zero-order valence-electron chi connectivity index (χ0n) is 13.3. The van der Waals surface area contributed by atoms with Gasteiger partial charge < -0.3 is 5.32 Å². The molecule has 1 rings (SSSR count). The van der Waals surface area contributed by atoms with Gasteiger partial charge in [-0.3, -0.25) is 0 Å². The van der Waals surface area contributed by atoms with Gasteiger partial charge in [0.15, 0.2) is 0 Å². The second-order valence-electron chi connectivity index (χ2n) is 7.25. The van der Waals surface area contributed by atoms with E-state index in [9.17, 15) is 0 Å². The highest BCUT2D eigenvalue weighted by molar-refractivity contribution is 4.78. The Labute approximate surface area is 115 Å². The van der Waals surface area contributed by atoms with Crippen LogP contribution in [-0.4, -0.2) is 12.1 Å². The molecule has 0 bridgehead atoms. The first-order valence-electron chi connectivity index (χ1n) is 8.25. The number of nitrogens with one attached hydrogen (secondary N) is 1. The van der Waals surface area contributed by atoms with Gasteiger partial charge in [0.2, 0.25) is 0 Å². The van der Waals surface area contributed by atoms with Crippen molar-refractivity contribution in [2.75, 3.05) is 0 Å². The van der Waals surface area contributed by atoms with Gasteiger partial charge in [-0.1, -0.05) is 40.5 Å². The summed E-state index contributed by atoms with van der Waals surface area (Å²) < 4.78 is 0. The molecule has 0 aromatic heterocycles. The van der Waals surface area contributed by atoms with Crippen molar-refractivity contribution in [3.63, 3.8) is 0 Å². The Balaban J connectivity index is 2.26. The first-order valence-corrected chi connectivity index (χ1v) is 8.25. The van der Waals surface area contributed by atoms with Crippen molar-refractivity contribution in [3.05, 3.63) is 0 Å². The lowest BCUT2D eigenvalue weighted by Gasteiger charge is -2.23. The standard InChI is InChI=1S/C17H35N/c1-13(2)9-10-15(5)18-17-8-6-7-16(11-12-17)14(3)4/h13-18H,6-12H2,1-5H3. The third-order valence-electron chi connectivity index (χ3n) is 4.65. The monoisotopic (exact) mass is 253 g/mol. The van der Waals surface area contributed by atoms with Gasteiger partial charge in [-0.05, 0) is 56.8 Å². The largest absolute Gasteiger partial charge is 0.312 e. The lowest BCUT2D eigenvalue weighted by atomic mass is 9.89. The van der Waals surface area contributed by atoms with Crippen LogP contribution in [0.3, 0.4) is 0 Å². The summed E-state index contributed by atoms with van der Waals surface area (Å²) >= 11 is 0. The molecule has 3 atom stereocenters. The molecule has 1 aliphatic carbocycles. The molecular formula is C17H35N. The van der Waals surface area contributed by atoms with E-state index in [2.05, 4.69) is 39.9 Å². The first kappa shape index (κ1) is 16.0. The van der Waals surface area contributed by atoms with Crippen LogP contribution in [0.15, 0.2) is 0 Å². The molecule has 0 saturated heterocycles. The zero-order chi connectivity index (χ0) is 13.5. The summed E-state index contributed by atoms with van der Waals surface area (Å²) in [6, 6.07) is 1.49. The van der Waals surface area contributed by atoms with Crippen LogP contribution >= 0.6 is 0 Å². The van der Waals surface area contributed by atoms with Gasteiger partial charge in [-0.25, -0.2) is 0 Å². The number of hydrogen-bond donors (Lipinski definition) is 1. The van der Waals surface area contributed by atoms with Gasteiger partial charge in [-0.15, -0.1) is 0 Å². The summed E-state index contributed by atoms with van der Waals surface area (Å²) in [6.45, 7) is 11.8. The molecule has 0 radical (unpaired) electrons. The van der Waals surface area contributed by atoms with E-state index in [4.69, 9.17) is 0 Å². The van der Waals surface area contributed by atoms with Crippen molar-refractivity contribution in [2.45, 2.75) is 91.6 Å². The molecule has 1 heteroatoms. The van der Waals surface area contributed by atoms with Crippen molar-refractivity contribution in [3.8, 4) is 0 Å². The van der Waals surface area contributed by atoms with Crippen LogP contribution in [0.1, 0.15) is 79.6 Å². The summed E-state index contributed by atoms with van der Waals surface area (Å²) in [4.78, 5) is 0. The van der Waals surface area contributed by atoms with E-state index >= 15 is 0 Å². The Hall–Kier alpha value is -0.0400. The topological polar surface area (TPSA) is 12.0 Å². The minimum absolute atomic E-state index is 0.702. The van der Waals surface area contributed by atoms with Crippen molar-refractivity contribution in [1.82, 2.24) is 5.32 Å². The van der Waals surface area contributed by atoms with E-state index in [1.54, 1.807) is 0 Å². The van der Waals surface area contributed by atoms with E-state index in [-0.39, 0.29) is 0 Å². The molecule has 1 fully saturated rings. The summed E-state index contributed by atoms with van der Waals surface area (Å²) in [5, 5.41) is 3.87. The highest BCUT2D eigenvalue weighted by atomic mass is 14.9. The van der Waals surface area contributed by atoms with Crippen molar-refractivity contribution in [1.29, 1.82) is 0 Å². The number of rotatable bonds is 6. The molecule has 1 N–H and O–H groups in total. The highest BCUT2D eigenvalue weighted by Gasteiger charge is 2.21. The van der Waals surface area contributed by atoms with E-state index in [1.807, 2.05) is 0 Å². The molecular weight excluding hydrogens is 218 g/mol. The summed E-state index contributed by atoms with van der Waals surface area (Å²) in [5.74, 6) is 2.69. The quantitative estimate of drug-likeness (QED) is 0.656. The molecule has 0 aromatic carbocycles. The fourth-order valence-corrected chi connectivity index (χ4v) is 3.23. The Morgan fingerprint density at radius 1 is 0.889 bits per heavy atom. The zero-order valence-corrected chi connectivity index (χ0v) is 13.3. The van der Waals surface area contributed by atoms with Gasteiger partial charge in [0.25, 0.3) is 0 Å². The molecule has 1 saturated carbocycles. The Kier molecular flexibility index (Phi) is 7.29. The van der Waals surface area contributed by atoms with E-state index in [1.165, 1.54) is 44.9 Å². The highest BCUT2D eigenvalue weighted by Crippen LogP contribution is 2.29. The molecule has 0 spiro atoms. The van der Waals surface area contributed by atoms with Crippen LogP contribution < -0.4 is 5.32 Å². The van der Waals surface area contributed by atoms with Gasteiger partial charge in [-0.2, -0.15) is 0 Å². The van der Waals surface area contributed by atoms with Crippen molar-refractivity contribution in [2.24, 2.45) is 17.8 Å². The summed E-state index contributed by atoms with van der Waals surface area (Å²) in [6.07, 6.45) is 9.81. The maximum atomic E-state index is 3.87. The van der Waals surface area contributed by atoms with Gasteiger partial charge in [0, 0.05) is 12.1 Å². The molecule has 0 amide bonds. The van der Waals surface area contributed by atoms with E-state index in [0.717, 1.165) is 23.8 Å². The Morgan fingerprint density at radius 3 is 2.22 bits per heavy atom. The maximum Gasteiger partial charge on any atom is 0.00696 e. The van der Waals surface area contributed by atoms with Gasteiger partial charge in [0.1, 0.15) is 0 Å². The Morgan fingerprint density at radius 2 is 1.61 bits per heavy atom. The van der Waals surface area contributed by atoms with Crippen LogP contribution in [0, 0.1) is 17.8 Å². The van der Waals surface area contributed by atoms with Gasteiger partial charge >= 0.3 is 0 Å². The van der Waals surface area contributed by atoms with Crippen LogP contribution in [0.25, 0.3) is 0 Å². The van der Waals surface area contributed by atoms with E-state index < -0.39 is 0 Å². The maximum absolute atomic E-state index is 3.87. The van der Waals surface area contributed by atoms with Crippen molar-refractivity contribution >= 4 is 0 Å². The molecule has 108 valence electrons. The second-order valence-corrected chi connectivity index (χ2v) is 7.25. The normalized spacial score (nSPS) is 27.5. The molecule has 1 nitrogen and oxygen atoms in total. The van der Waals surface area contributed by atoms with Crippen LogP contribution in [0.5, 0.6) is 0 Å². The first-order chi connectivity index (χ1) is 8.49. The fraction of sp³-hybridized carbons (Fsp3) is 1.00. The SMILES string of the molecule is CC(C)CCC(C)NC1CCCC(C(C)C)CC1. The minimum Gasteiger partial charge on any atom is -0.312 e. The van der Waals surface area contributed by atoms with E-state index in [0.29, 0.717) is 6.04 Å².